The van der Waals surface area contributed by atoms with Gasteiger partial charge in [0, 0.05) is 56.4 Å². The van der Waals surface area contributed by atoms with E-state index < -0.39 is 0 Å². The van der Waals surface area contributed by atoms with Crippen LogP contribution in [0.4, 0.5) is 5.69 Å². The van der Waals surface area contributed by atoms with Crippen LogP contribution in [0.3, 0.4) is 0 Å². The van der Waals surface area contributed by atoms with Crippen LogP contribution in [0.25, 0.3) is 16.8 Å². The van der Waals surface area contributed by atoms with E-state index in [1.807, 2.05) is 57.1 Å². The highest BCUT2D eigenvalue weighted by Crippen LogP contribution is 2.23. The summed E-state index contributed by atoms with van der Waals surface area (Å²) < 4.78 is 3.21. The molecule has 164 valence electrons. The van der Waals surface area contributed by atoms with Gasteiger partial charge in [0.05, 0.1) is 5.69 Å². The Morgan fingerprint density at radius 1 is 1.06 bits per heavy atom. The summed E-state index contributed by atoms with van der Waals surface area (Å²) in [5.41, 5.74) is 5.97. The molecule has 2 aromatic heterocycles. The number of nitrogens with one attached hydrogen (secondary N) is 1. The first-order valence-corrected chi connectivity index (χ1v) is 10.6. The van der Waals surface area contributed by atoms with Crippen molar-refractivity contribution in [3.05, 3.63) is 88.0 Å². The van der Waals surface area contributed by atoms with E-state index in [0.717, 1.165) is 28.1 Å². The van der Waals surface area contributed by atoms with Crippen molar-refractivity contribution in [3.63, 3.8) is 0 Å². The van der Waals surface area contributed by atoms with Crippen LogP contribution in [0.2, 0.25) is 0 Å². The van der Waals surface area contributed by atoms with Crippen molar-refractivity contribution in [1.29, 1.82) is 0 Å². The Morgan fingerprint density at radius 2 is 1.88 bits per heavy atom. The fourth-order valence-corrected chi connectivity index (χ4v) is 3.66. The molecule has 0 atom stereocenters. The van der Waals surface area contributed by atoms with Crippen molar-refractivity contribution >= 4 is 17.1 Å². The van der Waals surface area contributed by atoms with Gasteiger partial charge in [-0.15, -0.1) is 0 Å². The highest BCUT2D eigenvalue weighted by molar-refractivity contribution is 5.95. The van der Waals surface area contributed by atoms with Gasteiger partial charge in [-0.25, -0.2) is 4.52 Å². The molecule has 0 unspecified atom stereocenters. The molecule has 2 heterocycles. The molecule has 0 aliphatic rings. The third kappa shape index (κ3) is 4.27. The monoisotopic (exact) mass is 429 g/mol. The summed E-state index contributed by atoms with van der Waals surface area (Å²) in [6.45, 7) is 4.79. The number of hydrogen-bond donors (Lipinski definition) is 1. The zero-order valence-electron chi connectivity index (χ0n) is 18.8. The van der Waals surface area contributed by atoms with Gasteiger partial charge in [0.15, 0.2) is 0 Å². The van der Waals surface area contributed by atoms with Crippen LogP contribution in [0.15, 0.2) is 65.7 Å². The molecule has 0 aliphatic carbocycles. The van der Waals surface area contributed by atoms with Crippen LogP contribution >= 0.6 is 0 Å². The van der Waals surface area contributed by atoms with Gasteiger partial charge < -0.3 is 14.8 Å². The average Bonchev–Trinajstić information content (AvgIpc) is 3.22. The molecule has 1 N–H and O–H groups in total. The second-order valence-electron chi connectivity index (χ2n) is 8.18. The van der Waals surface area contributed by atoms with Gasteiger partial charge >= 0.3 is 0 Å². The Kier molecular flexibility index (Phi) is 5.81. The van der Waals surface area contributed by atoms with E-state index >= 15 is 0 Å². The van der Waals surface area contributed by atoms with Crippen molar-refractivity contribution in [2.75, 3.05) is 25.5 Å². The Morgan fingerprint density at radius 3 is 2.66 bits per heavy atom. The molecule has 0 fully saturated rings. The normalized spacial score (nSPS) is 11.0. The second-order valence-corrected chi connectivity index (χ2v) is 8.18. The predicted molar refractivity (Wildman–Crippen MR) is 127 cm³/mol. The summed E-state index contributed by atoms with van der Waals surface area (Å²) in [4.78, 5) is 27.4. The van der Waals surface area contributed by atoms with Gasteiger partial charge in [-0.05, 0) is 49.7 Å². The van der Waals surface area contributed by atoms with Crippen LogP contribution in [-0.4, -0.2) is 40.7 Å². The average molecular weight is 430 g/mol. The number of amides is 1. The van der Waals surface area contributed by atoms with Crippen LogP contribution in [0.5, 0.6) is 0 Å². The lowest BCUT2D eigenvalue weighted by Crippen LogP contribution is -2.31. The first kappa shape index (κ1) is 21.4. The van der Waals surface area contributed by atoms with E-state index in [1.54, 1.807) is 27.5 Å². The Balaban J connectivity index is 1.50. The first-order valence-electron chi connectivity index (χ1n) is 10.6. The summed E-state index contributed by atoms with van der Waals surface area (Å²) in [7, 11) is 3.86. The first-order chi connectivity index (χ1) is 15.3. The minimum atomic E-state index is -0.163. The lowest BCUT2D eigenvalue weighted by molar-refractivity contribution is 0.0952. The van der Waals surface area contributed by atoms with Gasteiger partial charge in [0.25, 0.3) is 11.5 Å². The largest absolute Gasteiger partial charge is 0.378 e. The van der Waals surface area contributed by atoms with Crippen LogP contribution in [0.1, 0.15) is 21.5 Å². The molecule has 0 aliphatic heterocycles. The van der Waals surface area contributed by atoms with Gasteiger partial charge in [-0.3, -0.25) is 9.59 Å². The molecular weight excluding hydrogens is 402 g/mol. The number of hydrogen-bond acceptors (Lipinski definition) is 4. The number of nitrogens with zero attached hydrogens (tertiary/aromatic N) is 4. The molecule has 2 aromatic carbocycles. The molecule has 7 nitrogen and oxygen atoms in total. The van der Waals surface area contributed by atoms with Crippen molar-refractivity contribution < 1.29 is 4.79 Å². The molecule has 32 heavy (non-hydrogen) atoms. The number of fused-ring (bicyclic) bond motifs is 1. The summed E-state index contributed by atoms with van der Waals surface area (Å²) >= 11 is 0. The standard InChI is InChI=1S/C25H27N5O2/c1-17-8-9-18(2)21(14-17)22-16-23-25(32)29(12-13-30(23)27-22)11-10-26-24(31)19-6-5-7-20(15-19)28(3)4/h5-9,12-16H,10-11H2,1-4H3,(H,26,31). The van der Waals surface area contributed by atoms with Gasteiger partial charge in [0.2, 0.25) is 0 Å². The maximum Gasteiger partial charge on any atom is 0.276 e. The molecule has 0 radical (unpaired) electrons. The van der Waals surface area contributed by atoms with Gasteiger partial charge in [-0.1, -0.05) is 23.8 Å². The number of carbonyl (C=O) groups excluding carboxylic acids is 1. The van der Waals surface area contributed by atoms with Crippen molar-refractivity contribution in [1.82, 2.24) is 19.5 Å². The molecule has 0 spiro atoms. The number of anilines is 1. The van der Waals surface area contributed by atoms with E-state index in [9.17, 15) is 9.59 Å². The smallest absolute Gasteiger partial charge is 0.276 e. The minimum Gasteiger partial charge on any atom is -0.378 e. The molecule has 7 heteroatoms. The predicted octanol–water partition coefficient (Wildman–Crippen LogP) is 3.28. The van der Waals surface area contributed by atoms with Crippen LogP contribution in [0, 0.1) is 13.8 Å². The van der Waals surface area contributed by atoms with Gasteiger partial charge in [-0.2, -0.15) is 5.10 Å². The van der Waals surface area contributed by atoms with Crippen LogP contribution < -0.4 is 15.8 Å². The molecule has 1 amide bonds. The van der Waals surface area contributed by atoms with Crippen molar-refractivity contribution in [2.45, 2.75) is 20.4 Å². The maximum absolute atomic E-state index is 13.0. The number of aryl methyl sites for hydroxylation is 2. The van der Waals surface area contributed by atoms with E-state index in [2.05, 4.69) is 28.6 Å². The van der Waals surface area contributed by atoms with Crippen LogP contribution in [-0.2, 0) is 6.54 Å². The molecular formula is C25H27N5O2. The van der Waals surface area contributed by atoms with Crippen molar-refractivity contribution in [3.8, 4) is 11.3 Å². The molecule has 4 rings (SSSR count). The Bertz CT molecular complexity index is 1350. The lowest BCUT2D eigenvalue weighted by atomic mass is 10.0. The maximum atomic E-state index is 13.0. The highest BCUT2D eigenvalue weighted by Gasteiger charge is 2.12. The second kappa shape index (κ2) is 8.70. The summed E-state index contributed by atoms with van der Waals surface area (Å²) in [6.07, 6.45) is 3.47. The molecule has 4 aromatic rings. The number of benzene rings is 2. The van der Waals surface area contributed by atoms with E-state index in [-0.39, 0.29) is 11.5 Å². The summed E-state index contributed by atoms with van der Waals surface area (Å²) in [6, 6.07) is 15.5. The lowest BCUT2D eigenvalue weighted by Gasteiger charge is -2.13. The molecule has 0 bridgehead atoms. The third-order valence-electron chi connectivity index (χ3n) is 5.54. The van der Waals surface area contributed by atoms with Gasteiger partial charge in [0.1, 0.15) is 5.52 Å². The highest BCUT2D eigenvalue weighted by atomic mass is 16.1. The Labute approximate surface area is 186 Å². The molecule has 0 saturated heterocycles. The Hall–Kier alpha value is -3.87. The molecule has 0 saturated carbocycles. The zero-order chi connectivity index (χ0) is 22.8. The topological polar surface area (TPSA) is 71.6 Å². The third-order valence-corrected chi connectivity index (χ3v) is 5.54. The minimum absolute atomic E-state index is 0.139. The zero-order valence-corrected chi connectivity index (χ0v) is 18.8. The van der Waals surface area contributed by atoms with E-state index in [0.29, 0.717) is 24.2 Å². The fourth-order valence-electron chi connectivity index (χ4n) is 3.66. The number of aromatic nitrogens is 3. The fraction of sp³-hybridized carbons (Fsp3) is 0.240. The quantitative estimate of drug-likeness (QED) is 0.511. The van der Waals surface area contributed by atoms with E-state index in [1.165, 1.54) is 0 Å². The van der Waals surface area contributed by atoms with Crippen molar-refractivity contribution in [2.24, 2.45) is 0 Å². The summed E-state index contributed by atoms with van der Waals surface area (Å²) in [5, 5.41) is 7.48. The SMILES string of the molecule is Cc1ccc(C)c(-c2cc3c(=O)n(CCNC(=O)c4cccc(N(C)C)c4)ccn3n2)c1. The summed E-state index contributed by atoms with van der Waals surface area (Å²) in [5.74, 6) is -0.163. The number of carbonyl (C=O) groups is 1. The number of rotatable bonds is 6. The van der Waals surface area contributed by atoms with E-state index in [4.69, 9.17) is 0 Å².